The maximum absolute atomic E-state index is 13.5. The topological polar surface area (TPSA) is 58.5 Å². The summed E-state index contributed by atoms with van der Waals surface area (Å²) in [7, 11) is -4.58. The van der Waals surface area contributed by atoms with Crippen molar-refractivity contribution in [2.45, 2.75) is 17.2 Å². The Morgan fingerprint density at radius 3 is 1.94 bits per heavy atom. The first-order chi connectivity index (χ1) is 15.3. The van der Waals surface area contributed by atoms with Crippen LogP contribution in [0.25, 0.3) is 0 Å². The van der Waals surface area contributed by atoms with Gasteiger partial charge in [0.05, 0.1) is 21.7 Å². The van der Waals surface area contributed by atoms with Crippen LogP contribution < -0.4 is 5.32 Å². The Morgan fingerprint density at radius 1 is 0.788 bits per heavy atom. The van der Waals surface area contributed by atoms with Crippen LogP contribution in [-0.4, -0.2) is 14.3 Å². The minimum Gasteiger partial charge on any atom is -0.339 e. The first-order valence-electron chi connectivity index (χ1n) is 8.99. The Labute approximate surface area is 183 Å². The maximum Gasteiger partial charge on any atom is 0.418 e. The molecule has 0 aromatic heterocycles. The second-order valence-corrected chi connectivity index (χ2v) is 8.22. The molecule has 33 heavy (non-hydrogen) atoms. The Bertz CT molecular complexity index is 1270. The number of alkyl halides is 6. The standard InChI is InChI=1S/C21H13F7N2O2S/c22-15-7-9-16(10-8-15)33(31,32)30-19(13-4-2-1-3-5-13)29-18-12-14(20(23,24)25)6-11-17(18)21(26,27)28/h1-12H,(H,29,30). The Hall–Kier alpha value is -3.41. The third-order valence-corrected chi connectivity index (χ3v) is 5.57. The van der Waals surface area contributed by atoms with E-state index < -0.39 is 55.7 Å². The number of sulfonamides is 1. The van der Waals surface area contributed by atoms with E-state index in [9.17, 15) is 39.2 Å². The number of anilines is 1. The van der Waals surface area contributed by atoms with Crippen LogP contribution in [0, 0.1) is 5.82 Å². The molecule has 4 nitrogen and oxygen atoms in total. The highest BCUT2D eigenvalue weighted by Crippen LogP contribution is 2.39. The molecule has 0 unspecified atom stereocenters. The van der Waals surface area contributed by atoms with Crippen molar-refractivity contribution in [1.82, 2.24) is 0 Å². The molecule has 0 aliphatic rings. The van der Waals surface area contributed by atoms with Gasteiger partial charge in [-0.2, -0.15) is 34.8 Å². The molecule has 0 bridgehead atoms. The lowest BCUT2D eigenvalue weighted by Crippen LogP contribution is -2.20. The fourth-order valence-corrected chi connectivity index (χ4v) is 3.70. The summed E-state index contributed by atoms with van der Waals surface area (Å²) in [5.41, 5.74) is -3.91. The van der Waals surface area contributed by atoms with E-state index in [-0.39, 0.29) is 23.8 Å². The quantitative estimate of drug-likeness (QED) is 0.273. The molecular formula is C21H13F7N2O2S. The monoisotopic (exact) mass is 490 g/mol. The molecule has 0 aliphatic heterocycles. The van der Waals surface area contributed by atoms with Gasteiger partial charge in [-0.1, -0.05) is 30.3 Å². The van der Waals surface area contributed by atoms with E-state index >= 15 is 0 Å². The Balaban J connectivity index is 2.18. The Kier molecular flexibility index (Phi) is 6.50. The molecule has 12 heteroatoms. The van der Waals surface area contributed by atoms with Gasteiger partial charge in [0, 0.05) is 5.56 Å². The highest BCUT2D eigenvalue weighted by atomic mass is 32.2. The second kappa shape index (κ2) is 8.85. The molecule has 3 aromatic carbocycles. The Morgan fingerprint density at radius 2 is 1.39 bits per heavy atom. The zero-order valence-electron chi connectivity index (χ0n) is 16.2. The number of hydrogen-bond donors (Lipinski definition) is 1. The van der Waals surface area contributed by atoms with Crippen molar-refractivity contribution < 1.29 is 39.2 Å². The van der Waals surface area contributed by atoms with Crippen LogP contribution in [0.3, 0.4) is 0 Å². The van der Waals surface area contributed by atoms with Gasteiger partial charge < -0.3 is 5.32 Å². The van der Waals surface area contributed by atoms with E-state index in [0.717, 1.165) is 24.3 Å². The van der Waals surface area contributed by atoms with Gasteiger partial charge in [0.25, 0.3) is 10.0 Å². The fraction of sp³-hybridized carbons (Fsp3) is 0.0952. The zero-order valence-corrected chi connectivity index (χ0v) is 17.1. The predicted molar refractivity (Wildman–Crippen MR) is 107 cm³/mol. The summed E-state index contributed by atoms with van der Waals surface area (Å²) in [5, 5.41) is 2.10. The highest BCUT2D eigenvalue weighted by molar-refractivity contribution is 7.90. The molecule has 0 radical (unpaired) electrons. The molecule has 1 N–H and O–H groups in total. The summed E-state index contributed by atoms with van der Waals surface area (Å²) < 4.78 is 122. The van der Waals surface area contributed by atoms with Crippen molar-refractivity contribution in [3.05, 3.63) is 95.3 Å². The summed E-state index contributed by atoms with van der Waals surface area (Å²) in [6.45, 7) is 0. The third-order valence-electron chi connectivity index (χ3n) is 4.28. The van der Waals surface area contributed by atoms with Crippen molar-refractivity contribution in [3.63, 3.8) is 0 Å². The van der Waals surface area contributed by atoms with Crippen LogP contribution in [0.15, 0.2) is 82.1 Å². The van der Waals surface area contributed by atoms with Gasteiger partial charge in [0.15, 0.2) is 5.84 Å². The molecule has 3 rings (SSSR count). The number of rotatable bonds is 4. The lowest BCUT2D eigenvalue weighted by atomic mass is 10.1. The van der Waals surface area contributed by atoms with Crippen LogP contribution in [0.4, 0.5) is 36.4 Å². The van der Waals surface area contributed by atoms with E-state index in [2.05, 4.69) is 9.71 Å². The van der Waals surface area contributed by atoms with Gasteiger partial charge in [-0.3, -0.25) is 0 Å². The molecule has 0 heterocycles. The molecule has 0 saturated heterocycles. The minimum atomic E-state index is -5.05. The van der Waals surface area contributed by atoms with Crippen molar-refractivity contribution in [3.8, 4) is 0 Å². The molecule has 0 saturated carbocycles. The lowest BCUT2D eigenvalue weighted by Gasteiger charge is -2.18. The van der Waals surface area contributed by atoms with E-state index in [1.165, 1.54) is 30.3 Å². The van der Waals surface area contributed by atoms with Crippen LogP contribution in [0.2, 0.25) is 0 Å². The number of benzene rings is 3. The molecular weight excluding hydrogens is 477 g/mol. The second-order valence-electron chi connectivity index (χ2n) is 6.62. The van der Waals surface area contributed by atoms with Crippen molar-refractivity contribution in [2.75, 3.05) is 5.32 Å². The molecule has 174 valence electrons. The molecule has 0 spiro atoms. The number of hydrogen-bond acceptors (Lipinski definition) is 2. The highest BCUT2D eigenvalue weighted by Gasteiger charge is 2.37. The van der Waals surface area contributed by atoms with Gasteiger partial charge in [0.2, 0.25) is 0 Å². The van der Waals surface area contributed by atoms with Gasteiger partial charge in [-0.25, -0.2) is 4.39 Å². The largest absolute Gasteiger partial charge is 0.418 e. The van der Waals surface area contributed by atoms with Crippen LogP contribution >= 0.6 is 0 Å². The van der Waals surface area contributed by atoms with E-state index in [4.69, 9.17) is 0 Å². The molecule has 0 amide bonds. The summed E-state index contributed by atoms with van der Waals surface area (Å²) in [4.78, 5) is -0.473. The zero-order chi connectivity index (χ0) is 24.4. The minimum absolute atomic E-state index is 0.0197. The molecule has 0 fully saturated rings. The average Bonchev–Trinajstić information content (AvgIpc) is 2.72. The summed E-state index contributed by atoms with van der Waals surface area (Å²) in [6.07, 6.45) is -10.0. The summed E-state index contributed by atoms with van der Waals surface area (Å²) >= 11 is 0. The van der Waals surface area contributed by atoms with Gasteiger partial charge >= 0.3 is 12.4 Å². The fourth-order valence-electron chi connectivity index (χ4n) is 2.72. The lowest BCUT2D eigenvalue weighted by molar-refractivity contribution is -0.140. The first-order valence-corrected chi connectivity index (χ1v) is 10.4. The van der Waals surface area contributed by atoms with E-state index in [1.54, 1.807) is 0 Å². The number of halogens is 7. The normalized spacial score (nSPS) is 13.1. The van der Waals surface area contributed by atoms with Crippen molar-refractivity contribution in [2.24, 2.45) is 4.40 Å². The van der Waals surface area contributed by atoms with E-state index in [0.29, 0.717) is 0 Å². The third kappa shape index (κ3) is 5.89. The van der Waals surface area contributed by atoms with Crippen molar-refractivity contribution in [1.29, 1.82) is 0 Å². The number of nitrogens with one attached hydrogen (secondary N) is 1. The van der Waals surface area contributed by atoms with Crippen LogP contribution in [0.1, 0.15) is 16.7 Å². The average molecular weight is 490 g/mol. The molecule has 0 atom stereocenters. The van der Waals surface area contributed by atoms with Crippen LogP contribution in [-0.2, 0) is 22.4 Å². The smallest absolute Gasteiger partial charge is 0.339 e. The summed E-state index contributed by atoms with van der Waals surface area (Å²) in [5.74, 6) is -1.40. The van der Waals surface area contributed by atoms with Crippen molar-refractivity contribution >= 4 is 21.5 Å². The SMILES string of the molecule is O=S(=O)(N=C(Nc1cc(C(F)(F)F)ccc1C(F)(F)F)c1ccccc1)c1ccc(F)cc1. The predicted octanol–water partition coefficient (Wildman–Crippen LogP) is 6.11. The van der Waals surface area contributed by atoms with Crippen LogP contribution in [0.5, 0.6) is 0 Å². The number of nitrogens with zero attached hydrogens (tertiary/aromatic N) is 1. The van der Waals surface area contributed by atoms with Gasteiger partial charge in [-0.05, 0) is 42.5 Å². The molecule has 3 aromatic rings. The first kappa shape index (κ1) is 24.2. The van der Waals surface area contributed by atoms with Gasteiger partial charge in [-0.15, -0.1) is 4.40 Å². The maximum atomic E-state index is 13.5. The van der Waals surface area contributed by atoms with Gasteiger partial charge in [0.1, 0.15) is 5.82 Å². The number of amidine groups is 1. The van der Waals surface area contributed by atoms with E-state index in [1.807, 2.05) is 0 Å². The summed E-state index contributed by atoms with van der Waals surface area (Å²) in [6, 6.07) is 11.2. The molecule has 0 aliphatic carbocycles.